The molecule has 0 aliphatic heterocycles. The average molecular weight is 343 g/mol. The fraction of sp³-hybridized carbons (Fsp3) is 0.500. The summed E-state index contributed by atoms with van der Waals surface area (Å²) < 4.78 is 5.91. The predicted molar refractivity (Wildman–Crippen MR) is 113 cm³/mol. The molecule has 0 amide bonds. The summed E-state index contributed by atoms with van der Waals surface area (Å²) in [6.45, 7) is 21.3. The molecule has 0 unspecified atom stereocenters. The minimum absolute atomic E-state index is 0.173. The van der Waals surface area contributed by atoms with Gasteiger partial charge < -0.3 is 4.74 Å². The third kappa shape index (κ3) is 7.77. The van der Waals surface area contributed by atoms with Crippen LogP contribution in [0.1, 0.15) is 80.4 Å². The number of benzene rings is 2. The molecule has 0 saturated carbocycles. The van der Waals surface area contributed by atoms with Gasteiger partial charge in [0.15, 0.2) is 0 Å². The maximum absolute atomic E-state index is 5.91. The van der Waals surface area contributed by atoms with Gasteiger partial charge in [-0.3, -0.25) is 0 Å². The van der Waals surface area contributed by atoms with Gasteiger partial charge >= 0.3 is 0 Å². The van der Waals surface area contributed by atoms with Gasteiger partial charge in [0, 0.05) is 0 Å². The molecule has 0 fully saturated rings. The minimum Gasteiger partial charge on any atom is -0.457 e. The molecule has 0 aromatic heterocycles. The zero-order chi connectivity index (χ0) is 19.7. The second-order valence-corrected chi connectivity index (χ2v) is 7.65. The van der Waals surface area contributed by atoms with Crippen molar-refractivity contribution in [3.05, 3.63) is 59.7 Å². The normalized spacial score (nSPS) is 10.8. The summed E-state index contributed by atoms with van der Waals surface area (Å²) in [5.74, 6) is 1.76. The van der Waals surface area contributed by atoms with Gasteiger partial charge in [0.05, 0.1) is 0 Å². The first-order valence-corrected chi connectivity index (χ1v) is 9.55. The third-order valence-corrected chi connectivity index (χ3v) is 3.68. The summed E-state index contributed by atoms with van der Waals surface area (Å²) in [6, 6.07) is 16.7. The van der Waals surface area contributed by atoms with Crippen LogP contribution < -0.4 is 4.74 Å². The lowest BCUT2D eigenvalue weighted by Gasteiger charge is -2.20. The van der Waals surface area contributed by atoms with E-state index < -0.39 is 0 Å². The molecule has 0 bridgehead atoms. The summed E-state index contributed by atoms with van der Waals surface area (Å²) in [4.78, 5) is 0. The van der Waals surface area contributed by atoms with Gasteiger partial charge in [-0.15, -0.1) is 0 Å². The van der Waals surface area contributed by atoms with E-state index in [1.54, 1.807) is 0 Å². The van der Waals surface area contributed by atoms with E-state index >= 15 is 0 Å². The van der Waals surface area contributed by atoms with Crippen molar-refractivity contribution < 1.29 is 4.74 Å². The van der Waals surface area contributed by atoms with Crippen LogP contribution >= 0.6 is 0 Å². The fourth-order valence-corrected chi connectivity index (χ4v) is 2.18. The first-order valence-electron chi connectivity index (χ1n) is 9.55. The van der Waals surface area contributed by atoms with Crippen LogP contribution in [-0.4, -0.2) is 0 Å². The molecule has 0 aliphatic rings. The monoisotopic (exact) mass is 342 g/mol. The lowest BCUT2D eigenvalue weighted by molar-refractivity contribution is 0.480. The van der Waals surface area contributed by atoms with Gasteiger partial charge in [-0.25, -0.2) is 0 Å². The van der Waals surface area contributed by atoms with Crippen molar-refractivity contribution in [3.63, 3.8) is 0 Å². The second-order valence-electron chi connectivity index (χ2n) is 7.65. The molecule has 1 heteroatoms. The van der Waals surface area contributed by atoms with E-state index in [0.29, 0.717) is 0 Å². The van der Waals surface area contributed by atoms with Crippen LogP contribution in [0.25, 0.3) is 0 Å². The van der Waals surface area contributed by atoms with Crippen LogP contribution in [0.3, 0.4) is 0 Å². The Morgan fingerprint density at radius 2 is 0.720 bits per heavy atom. The highest BCUT2D eigenvalue weighted by atomic mass is 16.5. The van der Waals surface area contributed by atoms with Crippen molar-refractivity contribution >= 4 is 0 Å². The molecule has 140 valence electrons. The Kier molecular flexibility index (Phi) is 9.56. The SMILES string of the molecule is CC.CC.CC(C)(C)c1ccc(Oc2ccc(C(C)(C)C)cc2)cc1. The molecule has 0 N–H and O–H groups in total. The molecule has 2 rings (SSSR count). The van der Waals surface area contributed by atoms with Crippen LogP contribution in [0.2, 0.25) is 0 Å². The van der Waals surface area contributed by atoms with E-state index in [0.717, 1.165) is 11.5 Å². The summed E-state index contributed by atoms with van der Waals surface area (Å²) in [7, 11) is 0. The van der Waals surface area contributed by atoms with Gasteiger partial charge in [0.1, 0.15) is 11.5 Å². The largest absolute Gasteiger partial charge is 0.457 e. The highest BCUT2D eigenvalue weighted by Crippen LogP contribution is 2.29. The number of ether oxygens (including phenoxy) is 1. The molecular formula is C24H38O. The molecule has 2 aromatic rings. The highest BCUT2D eigenvalue weighted by molar-refractivity contribution is 5.37. The Labute approximate surface area is 156 Å². The van der Waals surface area contributed by atoms with Crippen molar-refractivity contribution in [3.8, 4) is 11.5 Å². The zero-order valence-corrected chi connectivity index (χ0v) is 18.0. The third-order valence-electron chi connectivity index (χ3n) is 3.68. The first kappa shape index (κ1) is 23.2. The van der Waals surface area contributed by atoms with E-state index in [-0.39, 0.29) is 10.8 Å². The maximum Gasteiger partial charge on any atom is 0.127 e. The zero-order valence-electron chi connectivity index (χ0n) is 18.0. The summed E-state index contributed by atoms with van der Waals surface area (Å²) in [5.41, 5.74) is 2.98. The number of rotatable bonds is 2. The standard InChI is InChI=1S/C20H26O.2C2H6/c1-19(2,3)15-7-11-17(12-8-15)21-18-13-9-16(10-14-18)20(4,5)6;2*1-2/h7-14H,1-6H3;2*1-2H3. The van der Waals surface area contributed by atoms with Crippen molar-refractivity contribution in [2.75, 3.05) is 0 Å². The van der Waals surface area contributed by atoms with Gasteiger partial charge in [-0.05, 0) is 46.2 Å². The lowest BCUT2D eigenvalue weighted by Crippen LogP contribution is -2.10. The molecule has 0 radical (unpaired) electrons. The molecule has 0 aliphatic carbocycles. The van der Waals surface area contributed by atoms with Gasteiger partial charge in [-0.2, -0.15) is 0 Å². The average Bonchev–Trinajstić information content (AvgIpc) is 2.58. The van der Waals surface area contributed by atoms with Crippen LogP contribution in [0.5, 0.6) is 11.5 Å². The number of hydrogen-bond acceptors (Lipinski definition) is 1. The van der Waals surface area contributed by atoms with E-state index in [1.807, 2.05) is 52.0 Å². The summed E-state index contributed by atoms with van der Waals surface area (Å²) in [6.07, 6.45) is 0. The van der Waals surface area contributed by atoms with Crippen molar-refractivity contribution in [2.45, 2.75) is 80.1 Å². The summed E-state index contributed by atoms with van der Waals surface area (Å²) >= 11 is 0. The molecule has 1 nitrogen and oxygen atoms in total. The highest BCUT2D eigenvalue weighted by Gasteiger charge is 2.14. The molecule has 0 saturated heterocycles. The smallest absolute Gasteiger partial charge is 0.127 e. The maximum atomic E-state index is 5.91. The Bertz CT molecular complexity index is 522. The quantitative estimate of drug-likeness (QED) is 0.535. The molecule has 0 spiro atoms. The fourth-order valence-electron chi connectivity index (χ4n) is 2.18. The van der Waals surface area contributed by atoms with Crippen LogP contribution in [0.15, 0.2) is 48.5 Å². The molecule has 0 heterocycles. The summed E-state index contributed by atoms with van der Waals surface area (Å²) in [5, 5.41) is 0. The Morgan fingerprint density at radius 1 is 0.480 bits per heavy atom. The van der Waals surface area contributed by atoms with Crippen molar-refractivity contribution in [2.24, 2.45) is 0 Å². The van der Waals surface area contributed by atoms with Crippen LogP contribution in [-0.2, 0) is 10.8 Å². The van der Waals surface area contributed by atoms with E-state index in [2.05, 4.69) is 65.8 Å². The first-order chi connectivity index (χ1) is 11.7. The molecule has 2 aromatic carbocycles. The Balaban J connectivity index is 0.00000134. The van der Waals surface area contributed by atoms with Crippen molar-refractivity contribution in [1.29, 1.82) is 0 Å². The predicted octanol–water partition coefficient (Wildman–Crippen LogP) is 8.13. The van der Waals surface area contributed by atoms with E-state index in [1.165, 1.54) is 11.1 Å². The second kappa shape index (κ2) is 10.3. The van der Waals surface area contributed by atoms with E-state index in [9.17, 15) is 0 Å². The van der Waals surface area contributed by atoms with Gasteiger partial charge in [0.2, 0.25) is 0 Å². The Morgan fingerprint density at radius 3 is 0.920 bits per heavy atom. The van der Waals surface area contributed by atoms with Crippen molar-refractivity contribution in [1.82, 2.24) is 0 Å². The van der Waals surface area contributed by atoms with Gasteiger partial charge in [0.25, 0.3) is 0 Å². The van der Waals surface area contributed by atoms with E-state index in [4.69, 9.17) is 4.74 Å². The Hall–Kier alpha value is -1.76. The van der Waals surface area contributed by atoms with Crippen LogP contribution in [0.4, 0.5) is 0 Å². The molecular weight excluding hydrogens is 304 g/mol. The van der Waals surface area contributed by atoms with Crippen LogP contribution in [0, 0.1) is 0 Å². The number of hydrogen-bond donors (Lipinski definition) is 0. The topological polar surface area (TPSA) is 9.23 Å². The van der Waals surface area contributed by atoms with Gasteiger partial charge in [-0.1, -0.05) is 93.5 Å². The molecule has 0 atom stereocenters. The molecule has 25 heavy (non-hydrogen) atoms. The minimum atomic E-state index is 0.173. The lowest BCUT2D eigenvalue weighted by atomic mass is 9.87.